The Hall–Kier alpha value is -1.92. The van der Waals surface area contributed by atoms with Gasteiger partial charge in [-0.15, -0.1) is 0 Å². The number of ether oxygens (including phenoxy) is 1. The van der Waals surface area contributed by atoms with E-state index in [1.807, 2.05) is 12.1 Å². The maximum absolute atomic E-state index is 15.3. The highest BCUT2D eigenvalue weighted by atomic mass is 35.5. The van der Waals surface area contributed by atoms with Crippen molar-refractivity contribution >= 4 is 29.2 Å². The summed E-state index contributed by atoms with van der Waals surface area (Å²) in [6.45, 7) is 11.5. The van der Waals surface area contributed by atoms with Crippen LogP contribution in [0.4, 0.5) is 4.39 Å². The molecule has 0 bridgehead atoms. The lowest BCUT2D eigenvalue weighted by molar-refractivity contribution is -0.142. The molecule has 7 heteroatoms. The molecule has 1 aliphatic rings. The molecule has 0 spiro atoms. The highest BCUT2D eigenvalue weighted by Crippen LogP contribution is 2.49. The van der Waals surface area contributed by atoms with E-state index in [0.29, 0.717) is 11.4 Å². The molecule has 4 atom stereocenters. The van der Waals surface area contributed by atoms with Crippen LogP contribution >= 0.6 is 23.2 Å². The van der Waals surface area contributed by atoms with Gasteiger partial charge in [0.25, 0.3) is 0 Å². The first-order valence-corrected chi connectivity index (χ1v) is 11.2. The number of benzene rings is 2. The van der Waals surface area contributed by atoms with E-state index in [4.69, 9.17) is 33.7 Å². The van der Waals surface area contributed by atoms with Gasteiger partial charge in [-0.3, -0.25) is 5.32 Å². The minimum absolute atomic E-state index is 0.0350. The fourth-order valence-electron chi connectivity index (χ4n) is 4.54. The van der Waals surface area contributed by atoms with Crippen LogP contribution in [0.25, 0.3) is 0 Å². The summed E-state index contributed by atoms with van der Waals surface area (Å²) in [5, 5.41) is 3.89. The largest absolute Gasteiger partial charge is 0.431 e. The molecule has 0 saturated carbocycles. The topological polar surface area (TPSA) is 64.3 Å². The van der Waals surface area contributed by atoms with Crippen molar-refractivity contribution in [3.05, 3.63) is 81.8 Å². The number of nitrogens with two attached hydrogens (primary N) is 1. The Bertz CT molecular complexity index is 1020. The summed E-state index contributed by atoms with van der Waals surface area (Å²) in [5.74, 6) is -1.71. The van der Waals surface area contributed by atoms with Crippen molar-refractivity contribution in [3.8, 4) is 0 Å². The molecule has 3 N–H and O–H groups in total. The summed E-state index contributed by atoms with van der Waals surface area (Å²) >= 11 is 12.2. The Kier molecular flexibility index (Phi) is 7.06. The first kappa shape index (κ1) is 24.7. The zero-order valence-corrected chi connectivity index (χ0v) is 20.2. The van der Waals surface area contributed by atoms with Gasteiger partial charge in [0.05, 0.1) is 16.3 Å². The highest BCUT2D eigenvalue weighted by molar-refractivity contribution is 6.31. The third-order valence-electron chi connectivity index (χ3n) is 5.81. The smallest absolute Gasteiger partial charge is 0.328 e. The molecule has 0 aliphatic carbocycles. The van der Waals surface area contributed by atoms with Gasteiger partial charge in [0.1, 0.15) is 11.9 Å². The zero-order valence-electron chi connectivity index (χ0n) is 18.7. The lowest BCUT2D eigenvalue weighted by atomic mass is 9.68. The van der Waals surface area contributed by atoms with Crippen LogP contribution in [0.1, 0.15) is 51.2 Å². The SMILES string of the molecule is C=C(C)OC(=O)[C@@H]1N[C@@H](CC(C)(C)C)[C@](N)(c2ccc(Cl)cc2)[C@H]1c1cccc(Cl)c1F. The second kappa shape index (κ2) is 9.14. The Morgan fingerprint density at radius 2 is 1.84 bits per heavy atom. The van der Waals surface area contributed by atoms with Gasteiger partial charge in [-0.05, 0) is 48.1 Å². The predicted octanol–water partition coefficient (Wildman–Crippen LogP) is 5.92. The van der Waals surface area contributed by atoms with Gasteiger partial charge in [0.2, 0.25) is 0 Å². The fraction of sp³-hybridized carbons (Fsp3) is 0.400. The van der Waals surface area contributed by atoms with Crippen LogP contribution in [0.2, 0.25) is 10.0 Å². The third kappa shape index (κ3) is 4.86. The summed E-state index contributed by atoms with van der Waals surface area (Å²) in [6.07, 6.45) is 0.627. The van der Waals surface area contributed by atoms with Gasteiger partial charge in [-0.2, -0.15) is 0 Å². The van der Waals surface area contributed by atoms with Gasteiger partial charge >= 0.3 is 5.97 Å². The molecule has 1 aliphatic heterocycles. The molecule has 1 saturated heterocycles. The lowest BCUT2D eigenvalue weighted by Gasteiger charge is -2.39. The van der Waals surface area contributed by atoms with Crippen LogP contribution in [-0.4, -0.2) is 18.1 Å². The van der Waals surface area contributed by atoms with Gasteiger partial charge < -0.3 is 10.5 Å². The number of rotatable bonds is 5. The molecule has 0 radical (unpaired) electrons. The molecular weight excluding hydrogens is 450 g/mol. The summed E-state index contributed by atoms with van der Waals surface area (Å²) in [4.78, 5) is 13.1. The standard InChI is InChI=1S/C25H29Cl2FN2O2/c1-14(2)32-23(31)22-20(17-7-6-8-18(27)21(17)28)25(29,15-9-11-16(26)12-10-15)19(30-22)13-24(3,4)5/h6-12,19-20,22,30H,1,13,29H2,2-5H3/t19-,20-,22+,25+/m0/s1. The molecule has 0 amide bonds. The minimum Gasteiger partial charge on any atom is -0.431 e. The van der Waals surface area contributed by atoms with E-state index in [9.17, 15) is 4.79 Å². The summed E-state index contributed by atoms with van der Waals surface area (Å²) in [7, 11) is 0. The highest BCUT2D eigenvalue weighted by Gasteiger charge is 2.58. The molecule has 1 fully saturated rings. The van der Waals surface area contributed by atoms with Crippen LogP contribution in [0.3, 0.4) is 0 Å². The van der Waals surface area contributed by atoms with Crippen molar-refractivity contribution in [3.63, 3.8) is 0 Å². The molecule has 0 aromatic heterocycles. The maximum Gasteiger partial charge on any atom is 0.328 e. The number of hydrogen-bond acceptors (Lipinski definition) is 4. The number of esters is 1. The van der Waals surface area contributed by atoms with E-state index >= 15 is 4.39 Å². The quantitative estimate of drug-likeness (QED) is 0.413. The number of carbonyl (C=O) groups excluding carboxylic acids is 1. The fourth-order valence-corrected chi connectivity index (χ4v) is 4.85. The van der Waals surface area contributed by atoms with Crippen molar-refractivity contribution < 1.29 is 13.9 Å². The van der Waals surface area contributed by atoms with E-state index in [0.717, 1.165) is 5.56 Å². The first-order valence-electron chi connectivity index (χ1n) is 10.5. The third-order valence-corrected chi connectivity index (χ3v) is 6.36. The Labute approximate surface area is 198 Å². The maximum atomic E-state index is 15.3. The zero-order chi connectivity index (χ0) is 23.8. The number of allylic oxidation sites excluding steroid dienone is 1. The van der Waals surface area contributed by atoms with Crippen molar-refractivity contribution in [2.45, 2.75) is 57.7 Å². The average molecular weight is 479 g/mol. The van der Waals surface area contributed by atoms with Crippen molar-refractivity contribution in [2.75, 3.05) is 0 Å². The number of hydrogen-bond donors (Lipinski definition) is 2. The van der Waals surface area contributed by atoms with E-state index in [2.05, 4.69) is 32.7 Å². The molecule has 1 heterocycles. The molecule has 3 rings (SSSR count). The Morgan fingerprint density at radius 1 is 1.22 bits per heavy atom. The van der Waals surface area contributed by atoms with E-state index in [1.54, 1.807) is 31.2 Å². The van der Waals surface area contributed by atoms with E-state index in [-0.39, 0.29) is 27.8 Å². The molecule has 4 nitrogen and oxygen atoms in total. The second-order valence-electron chi connectivity index (χ2n) is 9.65. The van der Waals surface area contributed by atoms with Crippen molar-refractivity contribution in [2.24, 2.45) is 11.1 Å². The average Bonchev–Trinajstić information content (AvgIpc) is 2.96. The van der Waals surface area contributed by atoms with E-state index in [1.165, 1.54) is 6.07 Å². The predicted molar refractivity (Wildman–Crippen MR) is 127 cm³/mol. The van der Waals surface area contributed by atoms with E-state index < -0.39 is 29.3 Å². The number of halogens is 3. The monoisotopic (exact) mass is 478 g/mol. The molecule has 0 unspecified atom stereocenters. The normalized spacial score (nSPS) is 25.6. The summed E-state index contributed by atoms with van der Waals surface area (Å²) in [5.41, 5.74) is 6.90. The van der Waals surface area contributed by atoms with Crippen LogP contribution in [0, 0.1) is 11.2 Å². The molecule has 2 aromatic rings. The Balaban J connectivity index is 2.26. The Morgan fingerprint density at radius 3 is 2.41 bits per heavy atom. The van der Waals surface area contributed by atoms with Gasteiger partial charge in [-0.1, -0.05) is 74.8 Å². The van der Waals surface area contributed by atoms with Crippen LogP contribution in [-0.2, 0) is 15.1 Å². The van der Waals surface area contributed by atoms with Gasteiger partial charge in [-0.25, -0.2) is 9.18 Å². The van der Waals surface area contributed by atoms with Crippen LogP contribution < -0.4 is 11.1 Å². The lowest BCUT2D eigenvalue weighted by Crippen LogP contribution is -2.52. The second-order valence-corrected chi connectivity index (χ2v) is 10.5. The molecule has 32 heavy (non-hydrogen) atoms. The van der Waals surface area contributed by atoms with Crippen molar-refractivity contribution in [1.29, 1.82) is 0 Å². The minimum atomic E-state index is -1.15. The summed E-state index contributed by atoms with van der Waals surface area (Å²) in [6, 6.07) is 10.6. The van der Waals surface area contributed by atoms with Crippen LogP contribution in [0.15, 0.2) is 54.8 Å². The molecule has 2 aromatic carbocycles. The van der Waals surface area contributed by atoms with Gasteiger partial charge in [0, 0.05) is 17.0 Å². The van der Waals surface area contributed by atoms with Gasteiger partial charge in [0.15, 0.2) is 0 Å². The number of carbonyl (C=O) groups is 1. The number of nitrogens with one attached hydrogen (secondary N) is 1. The summed E-state index contributed by atoms with van der Waals surface area (Å²) < 4.78 is 20.7. The first-order chi connectivity index (χ1) is 14.8. The molecular formula is C25H29Cl2FN2O2. The molecule has 172 valence electrons. The van der Waals surface area contributed by atoms with Crippen molar-refractivity contribution in [1.82, 2.24) is 5.32 Å². The van der Waals surface area contributed by atoms with Crippen LogP contribution in [0.5, 0.6) is 0 Å².